The second kappa shape index (κ2) is 6.69. The molecule has 0 aromatic heterocycles. The van der Waals surface area contributed by atoms with Crippen molar-refractivity contribution in [1.29, 1.82) is 0 Å². The van der Waals surface area contributed by atoms with Gasteiger partial charge in [0.1, 0.15) is 5.76 Å². The largest absolute Gasteiger partial charge is 0.512 e. The Bertz CT molecular complexity index is 520. The molecule has 1 N–H and O–H groups in total. The van der Waals surface area contributed by atoms with E-state index in [9.17, 15) is 14.7 Å². The van der Waals surface area contributed by atoms with E-state index in [4.69, 9.17) is 0 Å². The number of aryl methyl sites for hydroxylation is 1. The number of allylic oxidation sites excluding steroid dienone is 3. The zero-order valence-corrected chi connectivity index (χ0v) is 11.3. The van der Waals surface area contributed by atoms with Crippen molar-refractivity contribution < 1.29 is 14.7 Å². The first kappa shape index (κ1) is 14.9. The first-order chi connectivity index (χ1) is 8.93. The summed E-state index contributed by atoms with van der Waals surface area (Å²) in [6, 6.07) is 9.61. The molecule has 3 heteroatoms. The van der Waals surface area contributed by atoms with Crippen LogP contribution in [0.25, 0.3) is 0 Å². The van der Waals surface area contributed by atoms with Crippen LogP contribution in [0.2, 0.25) is 0 Å². The highest BCUT2D eigenvalue weighted by atomic mass is 16.3. The summed E-state index contributed by atoms with van der Waals surface area (Å²) >= 11 is 0. The van der Waals surface area contributed by atoms with E-state index in [-0.39, 0.29) is 34.9 Å². The van der Waals surface area contributed by atoms with Gasteiger partial charge in [-0.1, -0.05) is 36.9 Å². The molecule has 19 heavy (non-hydrogen) atoms. The lowest BCUT2D eigenvalue weighted by atomic mass is 9.95. The van der Waals surface area contributed by atoms with Crippen molar-refractivity contribution in [3.8, 4) is 0 Å². The highest BCUT2D eigenvalue weighted by Gasteiger charge is 2.18. The molecule has 0 amide bonds. The minimum Gasteiger partial charge on any atom is -0.512 e. The second-order valence-corrected chi connectivity index (χ2v) is 4.40. The highest BCUT2D eigenvalue weighted by molar-refractivity contribution is 6.11. The molecule has 1 aromatic rings. The number of hydrogen-bond acceptors (Lipinski definition) is 3. The maximum absolute atomic E-state index is 12.0. The zero-order valence-electron chi connectivity index (χ0n) is 11.3. The fraction of sp³-hybridized carbons (Fsp3) is 0.250. The summed E-state index contributed by atoms with van der Waals surface area (Å²) in [5.41, 5.74) is 1.17. The van der Waals surface area contributed by atoms with Crippen LogP contribution in [-0.4, -0.2) is 16.7 Å². The SMILES string of the molecule is C=C(C(=O)CCc1ccccc1)/C(C(C)=O)=C(\C)O. The van der Waals surface area contributed by atoms with Crippen LogP contribution in [0, 0.1) is 0 Å². The lowest BCUT2D eigenvalue weighted by Gasteiger charge is -2.08. The number of aliphatic hydroxyl groups excluding tert-OH is 1. The smallest absolute Gasteiger partial charge is 0.163 e. The number of carbonyl (C=O) groups excluding carboxylic acids is 2. The van der Waals surface area contributed by atoms with Gasteiger partial charge in [-0.2, -0.15) is 0 Å². The molecule has 0 bridgehead atoms. The van der Waals surface area contributed by atoms with Gasteiger partial charge in [-0.05, 0) is 25.8 Å². The van der Waals surface area contributed by atoms with E-state index in [1.807, 2.05) is 30.3 Å². The average molecular weight is 258 g/mol. The minimum atomic E-state index is -0.349. The Hall–Kier alpha value is -2.16. The molecule has 0 spiro atoms. The van der Waals surface area contributed by atoms with Gasteiger partial charge < -0.3 is 5.11 Å². The zero-order chi connectivity index (χ0) is 14.4. The Labute approximate surface area is 113 Å². The maximum Gasteiger partial charge on any atom is 0.163 e. The molecule has 0 atom stereocenters. The third kappa shape index (κ3) is 4.21. The van der Waals surface area contributed by atoms with Gasteiger partial charge in [-0.3, -0.25) is 9.59 Å². The van der Waals surface area contributed by atoms with E-state index in [1.54, 1.807) is 0 Å². The molecular formula is C16H18O3. The Morgan fingerprint density at radius 3 is 2.21 bits per heavy atom. The standard InChI is InChI=1S/C16H18O3/c1-11(16(12(2)17)13(3)18)15(19)10-9-14-7-5-4-6-8-14/h4-8,17H,1,9-10H2,2-3H3/b16-12-. The number of Topliss-reactive ketones (excluding diaryl/α,β-unsaturated/α-hetero) is 2. The fourth-order valence-corrected chi connectivity index (χ4v) is 1.88. The van der Waals surface area contributed by atoms with Crippen LogP contribution in [0.5, 0.6) is 0 Å². The van der Waals surface area contributed by atoms with E-state index in [2.05, 4.69) is 6.58 Å². The molecule has 0 aliphatic carbocycles. The van der Waals surface area contributed by atoms with Gasteiger partial charge in [0.25, 0.3) is 0 Å². The van der Waals surface area contributed by atoms with Crippen LogP contribution in [0.1, 0.15) is 25.8 Å². The van der Waals surface area contributed by atoms with Crippen LogP contribution in [0.15, 0.2) is 53.8 Å². The van der Waals surface area contributed by atoms with E-state index in [0.29, 0.717) is 6.42 Å². The van der Waals surface area contributed by atoms with E-state index in [1.165, 1.54) is 13.8 Å². The summed E-state index contributed by atoms with van der Waals surface area (Å²) in [5.74, 6) is -0.730. The Balaban J connectivity index is 2.71. The van der Waals surface area contributed by atoms with E-state index in [0.717, 1.165) is 5.56 Å². The lowest BCUT2D eigenvalue weighted by molar-refractivity contribution is -0.117. The normalized spacial score (nSPS) is 11.7. The summed E-state index contributed by atoms with van der Waals surface area (Å²) in [7, 11) is 0. The number of benzene rings is 1. The number of hydrogen-bond donors (Lipinski definition) is 1. The molecular weight excluding hydrogens is 240 g/mol. The molecule has 0 aliphatic heterocycles. The lowest BCUT2D eigenvalue weighted by Crippen LogP contribution is -2.12. The summed E-state index contributed by atoms with van der Waals surface area (Å²) in [6.45, 7) is 6.31. The van der Waals surface area contributed by atoms with Gasteiger partial charge in [-0.15, -0.1) is 0 Å². The van der Waals surface area contributed by atoms with Crippen molar-refractivity contribution >= 4 is 11.6 Å². The second-order valence-electron chi connectivity index (χ2n) is 4.40. The Morgan fingerprint density at radius 2 is 1.74 bits per heavy atom. The Kier molecular flexibility index (Phi) is 5.24. The molecule has 0 unspecified atom stereocenters. The van der Waals surface area contributed by atoms with Crippen LogP contribution in [0.4, 0.5) is 0 Å². The monoisotopic (exact) mass is 258 g/mol. The topological polar surface area (TPSA) is 54.4 Å². The number of carbonyl (C=O) groups is 2. The molecule has 100 valence electrons. The van der Waals surface area contributed by atoms with Gasteiger partial charge >= 0.3 is 0 Å². The fourth-order valence-electron chi connectivity index (χ4n) is 1.88. The summed E-state index contributed by atoms with van der Waals surface area (Å²) < 4.78 is 0. The summed E-state index contributed by atoms with van der Waals surface area (Å²) in [6.07, 6.45) is 0.862. The van der Waals surface area contributed by atoms with Crippen molar-refractivity contribution in [2.75, 3.05) is 0 Å². The van der Waals surface area contributed by atoms with Crippen molar-refractivity contribution in [1.82, 2.24) is 0 Å². The molecule has 1 rings (SSSR count). The van der Waals surface area contributed by atoms with E-state index >= 15 is 0 Å². The van der Waals surface area contributed by atoms with Crippen molar-refractivity contribution in [3.05, 3.63) is 59.4 Å². The van der Waals surface area contributed by atoms with Gasteiger partial charge in [0, 0.05) is 12.0 Å². The maximum atomic E-state index is 12.0. The van der Waals surface area contributed by atoms with Crippen molar-refractivity contribution in [2.45, 2.75) is 26.7 Å². The predicted octanol–water partition coefficient (Wildman–Crippen LogP) is 3.17. The first-order valence-corrected chi connectivity index (χ1v) is 6.10. The molecule has 1 aromatic carbocycles. The van der Waals surface area contributed by atoms with Crippen molar-refractivity contribution in [2.24, 2.45) is 0 Å². The van der Waals surface area contributed by atoms with Crippen molar-refractivity contribution in [3.63, 3.8) is 0 Å². The average Bonchev–Trinajstić information content (AvgIpc) is 2.36. The molecule has 0 radical (unpaired) electrons. The third-order valence-electron chi connectivity index (χ3n) is 2.84. The number of rotatable bonds is 6. The molecule has 0 aliphatic rings. The van der Waals surface area contributed by atoms with Gasteiger partial charge in [-0.25, -0.2) is 0 Å². The molecule has 0 saturated heterocycles. The molecule has 0 fully saturated rings. The third-order valence-corrected chi connectivity index (χ3v) is 2.84. The van der Waals surface area contributed by atoms with Gasteiger partial charge in [0.2, 0.25) is 0 Å². The molecule has 0 heterocycles. The van der Waals surface area contributed by atoms with Crippen LogP contribution < -0.4 is 0 Å². The molecule has 3 nitrogen and oxygen atoms in total. The first-order valence-electron chi connectivity index (χ1n) is 6.10. The van der Waals surface area contributed by atoms with Crippen LogP contribution in [0.3, 0.4) is 0 Å². The predicted molar refractivity (Wildman–Crippen MR) is 74.9 cm³/mol. The Morgan fingerprint density at radius 1 is 1.16 bits per heavy atom. The van der Waals surface area contributed by atoms with E-state index < -0.39 is 0 Å². The van der Waals surface area contributed by atoms with Crippen LogP contribution >= 0.6 is 0 Å². The summed E-state index contributed by atoms with van der Waals surface area (Å²) in [4.78, 5) is 23.3. The quantitative estimate of drug-likeness (QED) is 0.484. The minimum absolute atomic E-state index is 0.0260. The molecule has 0 saturated carbocycles. The number of aliphatic hydroxyl groups is 1. The van der Waals surface area contributed by atoms with Gasteiger partial charge in [0.05, 0.1) is 5.57 Å². The highest BCUT2D eigenvalue weighted by Crippen LogP contribution is 2.16. The van der Waals surface area contributed by atoms with Crippen LogP contribution in [-0.2, 0) is 16.0 Å². The number of ketones is 2. The summed E-state index contributed by atoms with van der Waals surface area (Å²) in [5, 5.41) is 9.43. The van der Waals surface area contributed by atoms with Gasteiger partial charge in [0.15, 0.2) is 11.6 Å².